The number of alkyl halides is 6. The van der Waals surface area contributed by atoms with Gasteiger partial charge in [0.2, 0.25) is 23.3 Å². The highest BCUT2D eigenvalue weighted by Gasteiger charge is 2.43. The number of carbonyl (C=O) groups is 2. The molecule has 3 heterocycles. The molecule has 0 spiro atoms. The van der Waals surface area contributed by atoms with Crippen molar-refractivity contribution in [3.8, 4) is 22.9 Å². The van der Waals surface area contributed by atoms with E-state index in [0.29, 0.717) is 27.9 Å². The van der Waals surface area contributed by atoms with Gasteiger partial charge in [-0.25, -0.2) is 19.7 Å². The van der Waals surface area contributed by atoms with Gasteiger partial charge in [0.1, 0.15) is 5.82 Å². The van der Waals surface area contributed by atoms with Crippen LogP contribution in [0.15, 0.2) is 84.6 Å². The average molecular weight is 835 g/mol. The minimum atomic E-state index is -4.92. The first-order valence-corrected chi connectivity index (χ1v) is 15.5. The zero-order valence-electron chi connectivity index (χ0n) is 25.6. The van der Waals surface area contributed by atoms with Crippen LogP contribution in [0.2, 0.25) is 0 Å². The lowest BCUT2D eigenvalue weighted by molar-refractivity contribution is -0.153. The van der Waals surface area contributed by atoms with Crippen molar-refractivity contribution in [1.29, 1.82) is 0 Å². The summed E-state index contributed by atoms with van der Waals surface area (Å²) >= 11 is 6.37. The minimum Gasteiger partial charge on any atom is -0.476 e. The van der Waals surface area contributed by atoms with Gasteiger partial charge in [-0.3, -0.25) is 4.79 Å². The largest absolute Gasteiger partial charge is 0.476 e. The van der Waals surface area contributed by atoms with E-state index in [1.54, 1.807) is 49.6 Å². The van der Waals surface area contributed by atoms with Crippen LogP contribution in [0, 0.1) is 0 Å². The molecule has 0 aliphatic heterocycles. The van der Waals surface area contributed by atoms with Gasteiger partial charge in [0.15, 0.2) is 11.4 Å². The van der Waals surface area contributed by atoms with E-state index < -0.39 is 53.0 Å². The van der Waals surface area contributed by atoms with E-state index in [1.165, 1.54) is 24.4 Å². The number of benzene rings is 2. The quantitative estimate of drug-likeness (QED) is 0.139. The van der Waals surface area contributed by atoms with Gasteiger partial charge in [-0.15, -0.1) is 0 Å². The van der Waals surface area contributed by atoms with Crippen LogP contribution in [-0.2, 0) is 17.1 Å². The number of carboxylic acids is 1. The van der Waals surface area contributed by atoms with Crippen LogP contribution in [0.3, 0.4) is 0 Å². The number of carboxylic acid groups (broad SMARTS) is 1. The highest BCUT2D eigenvalue weighted by Crippen LogP contribution is 2.38. The Morgan fingerprint density at radius 1 is 0.840 bits per heavy atom. The smallest absolute Gasteiger partial charge is 0.452 e. The molecule has 1 amide bonds. The van der Waals surface area contributed by atoms with Gasteiger partial charge in [-0.2, -0.15) is 26.3 Å². The predicted octanol–water partition coefficient (Wildman–Crippen LogP) is 8.67. The second-order valence-electron chi connectivity index (χ2n) is 9.93. The molecule has 0 aliphatic carbocycles. The summed E-state index contributed by atoms with van der Waals surface area (Å²) in [6, 6.07) is 15.9. The topological polar surface area (TPSA) is 144 Å². The van der Waals surface area contributed by atoms with E-state index in [-0.39, 0.29) is 22.7 Å². The van der Waals surface area contributed by atoms with Crippen molar-refractivity contribution in [2.75, 3.05) is 37.5 Å². The summed E-state index contributed by atoms with van der Waals surface area (Å²) in [4.78, 5) is 36.6. The molecule has 50 heavy (non-hydrogen) atoms. The van der Waals surface area contributed by atoms with Crippen molar-refractivity contribution in [3.05, 3.63) is 98.7 Å². The molecule has 0 atom stereocenters. The number of amides is 1. The molecule has 0 radical (unpaired) electrons. The van der Waals surface area contributed by atoms with Gasteiger partial charge < -0.3 is 28.9 Å². The number of hydrogen-bond donors (Lipinski definition) is 2. The van der Waals surface area contributed by atoms with Gasteiger partial charge in [0.05, 0.1) is 29.6 Å². The lowest BCUT2D eigenvalue weighted by Gasteiger charge is -2.17. The Kier molecular flexibility index (Phi) is 12.1. The molecular formula is C31H23Br2F6N5O6. The van der Waals surface area contributed by atoms with Crippen molar-refractivity contribution < 1.29 is 54.6 Å². The third kappa shape index (κ3) is 9.27. The van der Waals surface area contributed by atoms with E-state index in [9.17, 15) is 35.9 Å². The molecule has 5 rings (SSSR count). The fraction of sp³-hybridized carbons (Fsp3) is 0.194. The number of hydrogen-bond acceptors (Lipinski definition) is 9. The molecule has 3 aromatic heterocycles. The molecule has 0 unspecified atom stereocenters. The number of anilines is 2. The van der Waals surface area contributed by atoms with E-state index in [1.807, 2.05) is 11.9 Å². The van der Waals surface area contributed by atoms with Gasteiger partial charge in [-0.1, -0.05) is 24.3 Å². The van der Waals surface area contributed by atoms with Gasteiger partial charge in [0, 0.05) is 29.6 Å². The van der Waals surface area contributed by atoms with Crippen LogP contribution in [0.5, 0.6) is 0 Å². The standard InChI is InChI=1S/C20H18BrF3N4O3.C11H5BrF3NO3/c1-28(9-10-30-2)15-8-7-12(11-25-15)26-18(29)16-17(20(22,23)24)31-19(27-16)13-5-3-4-6-14(13)21;12-6-4-2-1-3-5(6)9-16-7(10(17)18)8(19-9)11(13,14)15/h3-8,11H,9-10H2,1-2H3,(H,26,29);1-4H,(H,17,18). The van der Waals surface area contributed by atoms with Gasteiger partial charge in [-0.05, 0) is 68.3 Å². The number of nitrogens with zero attached hydrogens (tertiary/aromatic N) is 4. The molecule has 0 aliphatic rings. The summed E-state index contributed by atoms with van der Waals surface area (Å²) in [7, 11) is 3.40. The lowest BCUT2D eigenvalue weighted by Crippen LogP contribution is -2.23. The Labute approximate surface area is 295 Å². The molecule has 2 aromatic carbocycles. The molecule has 5 aromatic rings. The average Bonchev–Trinajstić information content (AvgIpc) is 3.72. The molecular weight excluding hydrogens is 812 g/mol. The molecule has 11 nitrogen and oxygen atoms in total. The number of aromatic carboxylic acids is 1. The normalized spacial score (nSPS) is 11.5. The van der Waals surface area contributed by atoms with Gasteiger partial charge >= 0.3 is 18.3 Å². The number of rotatable bonds is 9. The summed E-state index contributed by atoms with van der Waals surface area (Å²) in [5.41, 5.74) is -1.28. The van der Waals surface area contributed by atoms with E-state index in [0.717, 1.165) is 0 Å². The van der Waals surface area contributed by atoms with Crippen molar-refractivity contribution in [1.82, 2.24) is 15.0 Å². The number of methoxy groups -OCH3 is 1. The van der Waals surface area contributed by atoms with Gasteiger partial charge in [0.25, 0.3) is 5.91 Å². The maximum absolute atomic E-state index is 13.5. The van der Waals surface area contributed by atoms with E-state index in [4.69, 9.17) is 14.3 Å². The third-order valence-corrected chi connectivity index (χ3v) is 7.81. The summed E-state index contributed by atoms with van der Waals surface area (Å²) in [5, 5.41) is 11.1. The number of aromatic nitrogens is 3. The maximum atomic E-state index is 13.5. The highest BCUT2D eigenvalue weighted by atomic mass is 79.9. The van der Waals surface area contributed by atoms with Crippen LogP contribution in [0.25, 0.3) is 22.9 Å². The third-order valence-electron chi connectivity index (χ3n) is 6.42. The van der Waals surface area contributed by atoms with Crippen LogP contribution < -0.4 is 10.2 Å². The summed E-state index contributed by atoms with van der Waals surface area (Å²) in [6.45, 7) is 1.10. The Balaban J connectivity index is 0.000000252. The zero-order chi connectivity index (χ0) is 36.8. The van der Waals surface area contributed by atoms with Crippen molar-refractivity contribution in [3.63, 3.8) is 0 Å². The number of nitrogens with one attached hydrogen (secondary N) is 1. The number of oxazole rings is 2. The first kappa shape index (κ1) is 38.1. The Hall–Kier alpha value is -4.75. The SMILES string of the molecule is COCCN(C)c1ccc(NC(=O)c2nc(-c3ccccc3Br)oc2C(F)(F)F)cn1.O=C(O)c1nc(-c2ccccc2Br)oc1C(F)(F)F. The Bertz CT molecular complexity index is 1960. The van der Waals surface area contributed by atoms with E-state index >= 15 is 0 Å². The molecule has 264 valence electrons. The number of ether oxygens (including phenoxy) is 1. The highest BCUT2D eigenvalue weighted by molar-refractivity contribution is 9.11. The summed E-state index contributed by atoms with van der Waals surface area (Å²) < 4.78 is 93.7. The molecule has 0 saturated heterocycles. The van der Waals surface area contributed by atoms with Crippen LogP contribution in [0.1, 0.15) is 32.5 Å². The molecule has 2 N–H and O–H groups in total. The van der Waals surface area contributed by atoms with E-state index in [2.05, 4.69) is 56.5 Å². The molecule has 19 heteroatoms. The number of halogens is 8. The summed E-state index contributed by atoms with van der Waals surface area (Å²) in [6.07, 6.45) is -8.47. The molecule has 0 fully saturated rings. The molecule has 0 bridgehead atoms. The Morgan fingerprint density at radius 3 is 1.76 bits per heavy atom. The second kappa shape index (κ2) is 15.9. The number of likely N-dealkylation sites (N-methyl/N-ethyl adjacent to an activating group) is 1. The number of pyridine rings is 1. The first-order valence-electron chi connectivity index (χ1n) is 13.9. The van der Waals surface area contributed by atoms with Crippen molar-refractivity contribution in [2.24, 2.45) is 0 Å². The summed E-state index contributed by atoms with van der Waals surface area (Å²) in [5.74, 6) is -6.06. The lowest BCUT2D eigenvalue weighted by atomic mass is 10.2. The second-order valence-corrected chi connectivity index (χ2v) is 11.6. The predicted molar refractivity (Wildman–Crippen MR) is 174 cm³/mol. The van der Waals surface area contributed by atoms with Crippen LogP contribution >= 0.6 is 31.9 Å². The van der Waals surface area contributed by atoms with Crippen LogP contribution in [-0.4, -0.2) is 59.2 Å². The molecule has 0 saturated carbocycles. The number of carbonyl (C=O) groups excluding carboxylic acids is 1. The van der Waals surface area contributed by atoms with Crippen molar-refractivity contribution in [2.45, 2.75) is 12.4 Å². The first-order chi connectivity index (χ1) is 23.5. The fourth-order valence-electron chi connectivity index (χ4n) is 4.04. The van der Waals surface area contributed by atoms with Crippen molar-refractivity contribution >= 4 is 55.2 Å². The fourth-order valence-corrected chi connectivity index (χ4v) is 4.95. The monoisotopic (exact) mass is 833 g/mol. The van der Waals surface area contributed by atoms with Crippen LogP contribution in [0.4, 0.5) is 37.8 Å². The minimum absolute atomic E-state index is 0.215. The Morgan fingerprint density at radius 2 is 1.34 bits per heavy atom. The maximum Gasteiger partial charge on any atom is 0.452 e. The zero-order valence-corrected chi connectivity index (χ0v) is 28.7.